The zero-order valence-corrected chi connectivity index (χ0v) is 13.8. The number of benzene rings is 1. The van der Waals surface area contributed by atoms with Gasteiger partial charge in [0.2, 0.25) is 0 Å². The van der Waals surface area contributed by atoms with Crippen LogP contribution < -0.4 is 4.90 Å². The zero-order valence-electron chi connectivity index (χ0n) is 12.2. The summed E-state index contributed by atoms with van der Waals surface area (Å²) in [6, 6.07) is 5.73. The van der Waals surface area contributed by atoms with Crippen LogP contribution in [0.5, 0.6) is 0 Å². The Morgan fingerprint density at radius 1 is 1.29 bits per heavy atom. The van der Waals surface area contributed by atoms with Crippen LogP contribution in [0, 0.1) is 0 Å². The summed E-state index contributed by atoms with van der Waals surface area (Å²) < 4.78 is 11.2. The number of ether oxygens (including phenoxy) is 2. The van der Waals surface area contributed by atoms with Crippen molar-refractivity contribution in [2.45, 2.75) is 0 Å². The average molecular weight is 358 g/mol. The van der Waals surface area contributed by atoms with Crippen molar-refractivity contribution in [3.05, 3.63) is 34.3 Å². The first-order valence-electron chi connectivity index (χ1n) is 6.52. The van der Waals surface area contributed by atoms with Gasteiger partial charge < -0.3 is 19.5 Å². The minimum Gasteiger partial charge on any atom is -0.478 e. The summed E-state index contributed by atoms with van der Waals surface area (Å²) in [5, 5.41) is 8.79. The molecular weight excluding hydrogens is 338 g/mol. The molecule has 1 aromatic rings. The van der Waals surface area contributed by atoms with E-state index in [-0.39, 0.29) is 0 Å². The lowest BCUT2D eigenvalue weighted by molar-refractivity contribution is -0.131. The van der Waals surface area contributed by atoms with E-state index < -0.39 is 5.97 Å². The number of hydrogen-bond acceptors (Lipinski definition) is 4. The van der Waals surface area contributed by atoms with Gasteiger partial charge in [0.25, 0.3) is 0 Å². The average Bonchev–Trinajstić information content (AvgIpc) is 2.46. The molecule has 0 fully saturated rings. The van der Waals surface area contributed by atoms with Gasteiger partial charge in [-0.2, -0.15) is 0 Å². The van der Waals surface area contributed by atoms with Gasteiger partial charge in [0.15, 0.2) is 0 Å². The highest BCUT2D eigenvalue weighted by Gasteiger charge is 2.11. The molecule has 5 nitrogen and oxygen atoms in total. The topological polar surface area (TPSA) is 59.0 Å². The Morgan fingerprint density at radius 3 is 2.43 bits per heavy atom. The molecule has 0 aromatic heterocycles. The molecule has 1 N–H and O–H groups in total. The van der Waals surface area contributed by atoms with Gasteiger partial charge in [0.05, 0.1) is 13.2 Å². The van der Waals surface area contributed by atoms with Gasteiger partial charge in [-0.05, 0) is 23.8 Å². The van der Waals surface area contributed by atoms with Gasteiger partial charge in [-0.25, -0.2) is 4.79 Å². The highest BCUT2D eigenvalue weighted by atomic mass is 79.9. The Morgan fingerprint density at radius 2 is 1.90 bits per heavy atom. The number of aliphatic carboxylic acids is 1. The SMILES string of the molecule is COCCN(CCOC)c1cc(Br)ccc1C=CC(=O)O. The fourth-order valence-corrected chi connectivity index (χ4v) is 2.20. The predicted molar refractivity (Wildman–Crippen MR) is 86.8 cm³/mol. The first kappa shape index (κ1) is 17.7. The summed E-state index contributed by atoms with van der Waals surface area (Å²) in [6.07, 6.45) is 2.73. The Hall–Kier alpha value is -1.37. The van der Waals surface area contributed by atoms with E-state index in [0.29, 0.717) is 26.3 Å². The number of halogens is 1. The molecule has 6 heteroatoms. The van der Waals surface area contributed by atoms with Crippen LogP contribution in [0.25, 0.3) is 6.08 Å². The van der Waals surface area contributed by atoms with Crippen molar-refractivity contribution < 1.29 is 19.4 Å². The quantitative estimate of drug-likeness (QED) is 0.688. The third-order valence-electron chi connectivity index (χ3n) is 2.87. The third kappa shape index (κ3) is 6.29. The second kappa shape index (κ2) is 9.55. The maximum Gasteiger partial charge on any atom is 0.328 e. The predicted octanol–water partition coefficient (Wildman–Crippen LogP) is 2.65. The molecule has 0 saturated carbocycles. The number of carboxylic acid groups (broad SMARTS) is 1. The molecule has 0 atom stereocenters. The molecule has 0 saturated heterocycles. The van der Waals surface area contributed by atoms with E-state index in [2.05, 4.69) is 20.8 Å². The fraction of sp³-hybridized carbons (Fsp3) is 0.400. The number of anilines is 1. The maximum absolute atomic E-state index is 10.7. The summed E-state index contributed by atoms with van der Waals surface area (Å²) in [5.41, 5.74) is 1.78. The van der Waals surface area contributed by atoms with E-state index in [4.69, 9.17) is 14.6 Å². The van der Waals surface area contributed by atoms with Crippen LogP contribution in [-0.2, 0) is 14.3 Å². The van der Waals surface area contributed by atoms with Gasteiger partial charge >= 0.3 is 5.97 Å². The smallest absolute Gasteiger partial charge is 0.328 e. The standard InChI is InChI=1S/C15H20BrNO4/c1-20-9-7-17(8-10-21-2)14-11-13(16)5-3-12(14)4-6-15(18)19/h3-6,11H,7-10H2,1-2H3,(H,18,19). The third-order valence-corrected chi connectivity index (χ3v) is 3.36. The van der Waals surface area contributed by atoms with Crippen molar-refractivity contribution in [2.75, 3.05) is 45.4 Å². The molecular formula is C15H20BrNO4. The summed E-state index contributed by atoms with van der Waals surface area (Å²) in [4.78, 5) is 12.8. The number of nitrogens with zero attached hydrogens (tertiary/aromatic N) is 1. The van der Waals surface area contributed by atoms with Crippen LogP contribution in [0.15, 0.2) is 28.7 Å². The monoisotopic (exact) mass is 357 g/mol. The first-order valence-corrected chi connectivity index (χ1v) is 7.31. The number of hydrogen-bond donors (Lipinski definition) is 1. The van der Waals surface area contributed by atoms with E-state index in [1.807, 2.05) is 18.2 Å². The molecule has 0 aliphatic carbocycles. The summed E-state index contributed by atoms with van der Waals surface area (Å²) in [5.74, 6) is -0.968. The van der Waals surface area contributed by atoms with Crippen molar-refractivity contribution in [1.82, 2.24) is 0 Å². The second-order valence-electron chi connectivity index (χ2n) is 4.35. The van der Waals surface area contributed by atoms with Crippen molar-refractivity contribution >= 4 is 33.7 Å². The summed E-state index contributed by atoms with van der Waals surface area (Å²) in [7, 11) is 3.31. The van der Waals surface area contributed by atoms with Crippen LogP contribution in [-0.4, -0.2) is 51.6 Å². The molecule has 1 aromatic carbocycles. The molecule has 0 amide bonds. The van der Waals surface area contributed by atoms with E-state index >= 15 is 0 Å². The minimum absolute atomic E-state index is 0.582. The van der Waals surface area contributed by atoms with Crippen LogP contribution in [0.3, 0.4) is 0 Å². The summed E-state index contributed by atoms with van der Waals surface area (Å²) >= 11 is 3.45. The van der Waals surface area contributed by atoms with Gasteiger partial charge in [0, 0.05) is 43.5 Å². The van der Waals surface area contributed by atoms with Gasteiger partial charge in [-0.15, -0.1) is 0 Å². The van der Waals surface area contributed by atoms with Crippen LogP contribution in [0.4, 0.5) is 5.69 Å². The largest absolute Gasteiger partial charge is 0.478 e. The number of carboxylic acids is 1. The molecule has 0 spiro atoms. The molecule has 0 radical (unpaired) electrons. The fourth-order valence-electron chi connectivity index (χ4n) is 1.85. The van der Waals surface area contributed by atoms with Crippen molar-refractivity contribution in [3.63, 3.8) is 0 Å². The lowest BCUT2D eigenvalue weighted by Crippen LogP contribution is -2.31. The summed E-state index contributed by atoms with van der Waals surface area (Å²) in [6.45, 7) is 2.56. The van der Waals surface area contributed by atoms with E-state index in [9.17, 15) is 4.79 Å². The Kier molecular flexibility index (Phi) is 8.04. The molecule has 0 unspecified atom stereocenters. The van der Waals surface area contributed by atoms with Crippen molar-refractivity contribution in [1.29, 1.82) is 0 Å². The highest BCUT2D eigenvalue weighted by molar-refractivity contribution is 9.10. The molecule has 0 heterocycles. The van der Waals surface area contributed by atoms with E-state index in [1.54, 1.807) is 20.3 Å². The lowest BCUT2D eigenvalue weighted by Gasteiger charge is -2.26. The molecule has 0 bridgehead atoms. The van der Waals surface area contributed by atoms with Gasteiger partial charge in [0.1, 0.15) is 0 Å². The number of methoxy groups -OCH3 is 2. The Bertz CT molecular complexity index is 483. The normalized spacial score (nSPS) is 11.0. The van der Waals surface area contributed by atoms with E-state index in [0.717, 1.165) is 21.8 Å². The molecule has 116 valence electrons. The zero-order chi connectivity index (χ0) is 15.7. The van der Waals surface area contributed by atoms with Crippen LogP contribution in [0.2, 0.25) is 0 Å². The lowest BCUT2D eigenvalue weighted by atomic mass is 10.1. The Balaban J connectivity index is 3.07. The number of rotatable bonds is 9. The van der Waals surface area contributed by atoms with Crippen molar-refractivity contribution in [2.24, 2.45) is 0 Å². The van der Waals surface area contributed by atoms with Crippen LogP contribution >= 0.6 is 15.9 Å². The molecule has 0 aliphatic heterocycles. The van der Waals surface area contributed by atoms with E-state index in [1.165, 1.54) is 0 Å². The molecule has 1 rings (SSSR count). The molecule has 0 aliphatic rings. The molecule has 21 heavy (non-hydrogen) atoms. The first-order chi connectivity index (χ1) is 10.1. The van der Waals surface area contributed by atoms with Crippen molar-refractivity contribution in [3.8, 4) is 0 Å². The maximum atomic E-state index is 10.7. The minimum atomic E-state index is -0.968. The number of carbonyl (C=O) groups is 1. The van der Waals surface area contributed by atoms with Gasteiger partial charge in [-0.3, -0.25) is 0 Å². The van der Waals surface area contributed by atoms with Gasteiger partial charge in [-0.1, -0.05) is 22.0 Å². The highest BCUT2D eigenvalue weighted by Crippen LogP contribution is 2.26. The van der Waals surface area contributed by atoms with Crippen LogP contribution in [0.1, 0.15) is 5.56 Å². The second-order valence-corrected chi connectivity index (χ2v) is 5.26. The Labute approximate surface area is 133 Å².